The fraction of sp³-hybridized carbons (Fsp3) is 0.500. The summed E-state index contributed by atoms with van der Waals surface area (Å²) in [4.78, 5) is 12.0. The molecule has 2 N–H and O–H groups in total. The SMILES string of the molecule is CC(C(=O)NCC1COCCN1)c1ccccc1. The second kappa shape index (κ2) is 6.52. The van der Waals surface area contributed by atoms with E-state index in [1.165, 1.54) is 0 Å². The maximum Gasteiger partial charge on any atom is 0.227 e. The van der Waals surface area contributed by atoms with Gasteiger partial charge in [-0.2, -0.15) is 0 Å². The van der Waals surface area contributed by atoms with Crippen molar-refractivity contribution in [1.82, 2.24) is 10.6 Å². The molecule has 1 aromatic carbocycles. The van der Waals surface area contributed by atoms with Crippen molar-refractivity contribution in [2.75, 3.05) is 26.3 Å². The number of hydrogen-bond acceptors (Lipinski definition) is 3. The standard InChI is InChI=1S/C14H20N2O2/c1-11(12-5-3-2-4-6-12)14(17)16-9-13-10-18-8-7-15-13/h2-6,11,13,15H,7-10H2,1H3,(H,16,17). The van der Waals surface area contributed by atoms with Gasteiger partial charge in [0.15, 0.2) is 0 Å². The second-order valence-corrected chi connectivity index (χ2v) is 4.60. The Balaban J connectivity index is 1.80. The third kappa shape index (κ3) is 3.55. The smallest absolute Gasteiger partial charge is 0.227 e. The lowest BCUT2D eigenvalue weighted by Crippen LogP contribution is -2.48. The fourth-order valence-corrected chi connectivity index (χ4v) is 2.02. The van der Waals surface area contributed by atoms with Gasteiger partial charge in [0.1, 0.15) is 0 Å². The van der Waals surface area contributed by atoms with Crippen LogP contribution in [0.5, 0.6) is 0 Å². The van der Waals surface area contributed by atoms with Gasteiger partial charge in [0.25, 0.3) is 0 Å². The van der Waals surface area contributed by atoms with Crippen LogP contribution in [0.1, 0.15) is 18.4 Å². The molecule has 1 aromatic rings. The van der Waals surface area contributed by atoms with Crippen molar-refractivity contribution in [3.8, 4) is 0 Å². The van der Waals surface area contributed by atoms with Gasteiger partial charge in [-0.25, -0.2) is 0 Å². The van der Waals surface area contributed by atoms with E-state index >= 15 is 0 Å². The molecule has 0 saturated carbocycles. The van der Waals surface area contributed by atoms with Gasteiger partial charge in [0.05, 0.1) is 19.1 Å². The number of carbonyl (C=O) groups excluding carboxylic acids is 1. The van der Waals surface area contributed by atoms with Crippen molar-refractivity contribution in [3.05, 3.63) is 35.9 Å². The maximum atomic E-state index is 12.0. The van der Waals surface area contributed by atoms with Crippen LogP contribution < -0.4 is 10.6 Å². The van der Waals surface area contributed by atoms with Crippen LogP contribution in [0.15, 0.2) is 30.3 Å². The molecule has 1 amide bonds. The van der Waals surface area contributed by atoms with Crippen LogP contribution in [-0.4, -0.2) is 38.3 Å². The molecule has 1 heterocycles. The Morgan fingerprint density at radius 3 is 2.94 bits per heavy atom. The van der Waals surface area contributed by atoms with Crippen LogP contribution in [0.25, 0.3) is 0 Å². The minimum absolute atomic E-state index is 0.0635. The summed E-state index contributed by atoms with van der Waals surface area (Å²) in [7, 11) is 0. The number of morpholine rings is 1. The molecular formula is C14H20N2O2. The van der Waals surface area contributed by atoms with Crippen LogP contribution in [0.3, 0.4) is 0 Å². The molecule has 2 unspecified atom stereocenters. The van der Waals surface area contributed by atoms with E-state index in [0.717, 1.165) is 18.7 Å². The van der Waals surface area contributed by atoms with E-state index in [2.05, 4.69) is 10.6 Å². The molecule has 0 bridgehead atoms. The number of hydrogen-bond donors (Lipinski definition) is 2. The molecule has 1 aliphatic rings. The molecule has 2 rings (SSSR count). The summed E-state index contributed by atoms with van der Waals surface area (Å²) in [6.45, 7) is 4.82. The first-order chi connectivity index (χ1) is 8.77. The summed E-state index contributed by atoms with van der Waals surface area (Å²) < 4.78 is 5.35. The summed E-state index contributed by atoms with van der Waals surface area (Å²) in [5, 5.41) is 6.28. The number of ether oxygens (including phenoxy) is 1. The van der Waals surface area contributed by atoms with Gasteiger partial charge in [-0.15, -0.1) is 0 Å². The molecule has 0 radical (unpaired) electrons. The average molecular weight is 248 g/mol. The number of amides is 1. The van der Waals surface area contributed by atoms with E-state index in [9.17, 15) is 4.79 Å². The first-order valence-corrected chi connectivity index (χ1v) is 6.41. The highest BCUT2D eigenvalue weighted by Crippen LogP contribution is 2.14. The minimum Gasteiger partial charge on any atom is -0.378 e. The average Bonchev–Trinajstić information content (AvgIpc) is 2.46. The third-order valence-electron chi connectivity index (χ3n) is 3.21. The van der Waals surface area contributed by atoms with Gasteiger partial charge in [-0.05, 0) is 12.5 Å². The molecule has 0 aromatic heterocycles. The summed E-state index contributed by atoms with van der Waals surface area (Å²) in [6, 6.07) is 10.0. The molecule has 2 atom stereocenters. The van der Waals surface area contributed by atoms with Crippen LogP contribution in [0.2, 0.25) is 0 Å². The van der Waals surface area contributed by atoms with Crippen molar-refractivity contribution in [1.29, 1.82) is 0 Å². The Morgan fingerprint density at radius 2 is 2.28 bits per heavy atom. The van der Waals surface area contributed by atoms with Crippen molar-refractivity contribution < 1.29 is 9.53 Å². The van der Waals surface area contributed by atoms with Crippen LogP contribution >= 0.6 is 0 Å². The Bertz CT molecular complexity index is 375. The monoisotopic (exact) mass is 248 g/mol. The normalized spacial score (nSPS) is 21.3. The van der Waals surface area contributed by atoms with E-state index < -0.39 is 0 Å². The van der Waals surface area contributed by atoms with E-state index in [1.807, 2.05) is 37.3 Å². The van der Waals surface area contributed by atoms with Gasteiger partial charge in [-0.3, -0.25) is 4.79 Å². The number of rotatable bonds is 4. The Labute approximate surface area is 108 Å². The highest BCUT2D eigenvalue weighted by atomic mass is 16.5. The summed E-state index contributed by atoms with van der Waals surface area (Å²) in [6.07, 6.45) is 0. The van der Waals surface area contributed by atoms with Gasteiger partial charge >= 0.3 is 0 Å². The number of nitrogens with one attached hydrogen (secondary N) is 2. The molecule has 0 spiro atoms. The molecule has 0 aliphatic carbocycles. The largest absolute Gasteiger partial charge is 0.378 e. The lowest BCUT2D eigenvalue weighted by atomic mass is 10.0. The highest BCUT2D eigenvalue weighted by molar-refractivity contribution is 5.83. The predicted molar refractivity (Wildman–Crippen MR) is 70.5 cm³/mol. The Hall–Kier alpha value is -1.39. The molecule has 18 heavy (non-hydrogen) atoms. The zero-order valence-corrected chi connectivity index (χ0v) is 10.7. The predicted octanol–water partition coefficient (Wildman–Crippen LogP) is 0.895. The van der Waals surface area contributed by atoms with Crippen LogP contribution in [0, 0.1) is 0 Å². The third-order valence-corrected chi connectivity index (χ3v) is 3.21. The second-order valence-electron chi connectivity index (χ2n) is 4.60. The summed E-state index contributed by atoms with van der Waals surface area (Å²) in [5.74, 6) is -0.0516. The fourth-order valence-electron chi connectivity index (χ4n) is 2.02. The Morgan fingerprint density at radius 1 is 1.50 bits per heavy atom. The van der Waals surface area contributed by atoms with Gasteiger partial charge in [0, 0.05) is 19.1 Å². The van der Waals surface area contributed by atoms with Crippen LogP contribution in [-0.2, 0) is 9.53 Å². The van der Waals surface area contributed by atoms with Crippen molar-refractivity contribution in [2.24, 2.45) is 0 Å². The van der Waals surface area contributed by atoms with Gasteiger partial charge in [0.2, 0.25) is 5.91 Å². The highest BCUT2D eigenvalue weighted by Gasteiger charge is 2.17. The lowest BCUT2D eigenvalue weighted by Gasteiger charge is -2.24. The molecule has 1 fully saturated rings. The van der Waals surface area contributed by atoms with Crippen molar-refractivity contribution in [2.45, 2.75) is 18.9 Å². The van der Waals surface area contributed by atoms with E-state index in [-0.39, 0.29) is 17.9 Å². The molecule has 98 valence electrons. The quantitative estimate of drug-likeness (QED) is 0.832. The molecular weight excluding hydrogens is 228 g/mol. The maximum absolute atomic E-state index is 12.0. The minimum atomic E-state index is -0.115. The zero-order chi connectivity index (χ0) is 12.8. The number of benzene rings is 1. The van der Waals surface area contributed by atoms with Gasteiger partial charge in [-0.1, -0.05) is 30.3 Å². The van der Waals surface area contributed by atoms with E-state index in [1.54, 1.807) is 0 Å². The lowest BCUT2D eigenvalue weighted by molar-refractivity contribution is -0.122. The van der Waals surface area contributed by atoms with Gasteiger partial charge < -0.3 is 15.4 Å². The summed E-state index contributed by atoms with van der Waals surface area (Å²) in [5.41, 5.74) is 1.04. The molecule has 4 heteroatoms. The molecule has 4 nitrogen and oxygen atoms in total. The van der Waals surface area contributed by atoms with E-state index in [4.69, 9.17) is 4.74 Å². The van der Waals surface area contributed by atoms with Crippen molar-refractivity contribution in [3.63, 3.8) is 0 Å². The first kappa shape index (κ1) is 13.1. The molecule has 1 aliphatic heterocycles. The van der Waals surface area contributed by atoms with E-state index in [0.29, 0.717) is 13.2 Å². The zero-order valence-electron chi connectivity index (χ0n) is 10.7. The first-order valence-electron chi connectivity index (χ1n) is 6.41. The molecule has 1 saturated heterocycles. The topological polar surface area (TPSA) is 50.4 Å². The van der Waals surface area contributed by atoms with Crippen molar-refractivity contribution >= 4 is 5.91 Å². The van der Waals surface area contributed by atoms with Crippen LogP contribution in [0.4, 0.5) is 0 Å². The summed E-state index contributed by atoms with van der Waals surface area (Å²) >= 11 is 0. The Kier molecular flexibility index (Phi) is 4.73. The number of carbonyl (C=O) groups is 1.